The quantitative estimate of drug-likeness (QED) is 0.578. The van der Waals surface area contributed by atoms with Crippen LogP contribution in [0.3, 0.4) is 0 Å². The first-order valence-corrected chi connectivity index (χ1v) is 4.14. The molecule has 1 aliphatic heterocycles. The molecule has 2 rings (SSSR count). The van der Waals surface area contributed by atoms with E-state index in [9.17, 15) is 5.11 Å². The van der Waals surface area contributed by atoms with Crippen LogP contribution in [-0.4, -0.2) is 34.7 Å². The van der Waals surface area contributed by atoms with Crippen molar-refractivity contribution in [1.29, 1.82) is 0 Å². The third-order valence-electron chi connectivity index (χ3n) is 2.68. The van der Waals surface area contributed by atoms with E-state index in [-0.39, 0.29) is 5.60 Å². The van der Waals surface area contributed by atoms with Crippen molar-refractivity contribution in [1.82, 2.24) is 4.90 Å². The third kappa shape index (κ3) is 0.956. The van der Waals surface area contributed by atoms with Crippen LogP contribution in [0.2, 0.25) is 0 Å². The first kappa shape index (κ1) is 6.62. The Morgan fingerprint density at radius 3 is 2.30 bits per heavy atom. The van der Waals surface area contributed by atoms with Gasteiger partial charge in [0.1, 0.15) is 0 Å². The lowest BCUT2D eigenvalue weighted by molar-refractivity contribution is -0.114. The monoisotopic (exact) mass is 141 g/mol. The molecular formula is C8H15NO. The molecule has 0 unspecified atom stereocenters. The molecule has 0 bridgehead atoms. The summed E-state index contributed by atoms with van der Waals surface area (Å²) in [4.78, 5) is 2.39. The fourth-order valence-corrected chi connectivity index (χ4v) is 1.84. The first-order chi connectivity index (χ1) is 4.67. The van der Waals surface area contributed by atoms with Crippen LogP contribution in [-0.2, 0) is 0 Å². The summed E-state index contributed by atoms with van der Waals surface area (Å²) < 4.78 is 0. The predicted octanol–water partition coefficient (Wildman–Crippen LogP) is 0.606. The maximum absolute atomic E-state index is 9.41. The van der Waals surface area contributed by atoms with E-state index in [1.807, 2.05) is 6.92 Å². The standard InChI is InChI=1S/C8H15NO/c1-8(10)5-9(6-8)7-3-2-4-7/h7,10H,2-6H2,1H3. The molecule has 0 aromatic rings. The average molecular weight is 141 g/mol. The summed E-state index contributed by atoms with van der Waals surface area (Å²) in [6.07, 6.45) is 4.11. The number of rotatable bonds is 1. The van der Waals surface area contributed by atoms with E-state index in [1.165, 1.54) is 19.3 Å². The van der Waals surface area contributed by atoms with Crippen LogP contribution in [0.4, 0.5) is 0 Å². The highest BCUT2D eigenvalue weighted by Crippen LogP contribution is 2.32. The predicted molar refractivity (Wildman–Crippen MR) is 39.8 cm³/mol. The Morgan fingerprint density at radius 1 is 1.40 bits per heavy atom. The van der Waals surface area contributed by atoms with E-state index >= 15 is 0 Å². The molecule has 2 nitrogen and oxygen atoms in total. The third-order valence-corrected chi connectivity index (χ3v) is 2.68. The van der Waals surface area contributed by atoms with Gasteiger partial charge in [-0.25, -0.2) is 0 Å². The van der Waals surface area contributed by atoms with Gasteiger partial charge < -0.3 is 5.11 Å². The summed E-state index contributed by atoms with van der Waals surface area (Å²) in [5, 5.41) is 9.41. The number of nitrogens with zero attached hydrogens (tertiary/aromatic N) is 1. The summed E-state index contributed by atoms with van der Waals surface area (Å²) >= 11 is 0. The van der Waals surface area contributed by atoms with Crippen molar-refractivity contribution in [2.24, 2.45) is 0 Å². The van der Waals surface area contributed by atoms with Gasteiger partial charge in [0.05, 0.1) is 5.60 Å². The Kier molecular flexibility index (Phi) is 1.29. The van der Waals surface area contributed by atoms with Gasteiger partial charge in [-0.15, -0.1) is 0 Å². The maximum Gasteiger partial charge on any atom is 0.0872 e. The minimum absolute atomic E-state index is 0.365. The van der Waals surface area contributed by atoms with Crippen molar-refractivity contribution in [3.8, 4) is 0 Å². The minimum Gasteiger partial charge on any atom is -0.388 e. The molecule has 58 valence electrons. The van der Waals surface area contributed by atoms with E-state index in [0.717, 1.165) is 19.1 Å². The van der Waals surface area contributed by atoms with E-state index in [4.69, 9.17) is 0 Å². The molecule has 1 N–H and O–H groups in total. The molecule has 0 aromatic carbocycles. The van der Waals surface area contributed by atoms with Gasteiger partial charge in [0.15, 0.2) is 0 Å². The molecule has 1 saturated carbocycles. The molecule has 2 aliphatic rings. The van der Waals surface area contributed by atoms with Gasteiger partial charge in [0, 0.05) is 19.1 Å². The normalized spacial score (nSPS) is 33.0. The Morgan fingerprint density at radius 2 is 2.00 bits per heavy atom. The van der Waals surface area contributed by atoms with Gasteiger partial charge in [0.25, 0.3) is 0 Å². The highest BCUT2D eigenvalue weighted by atomic mass is 16.3. The second-order valence-corrected chi connectivity index (χ2v) is 3.99. The van der Waals surface area contributed by atoms with Gasteiger partial charge in [-0.1, -0.05) is 6.42 Å². The zero-order valence-corrected chi connectivity index (χ0v) is 6.51. The Balaban J connectivity index is 1.79. The van der Waals surface area contributed by atoms with Gasteiger partial charge in [-0.2, -0.15) is 0 Å². The Hall–Kier alpha value is -0.0800. The van der Waals surface area contributed by atoms with Crippen LogP contribution < -0.4 is 0 Å². The minimum atomic E-state index is -0.365. The van der Waals surface area contributed by atoms with E-state index < -0.39 is 0 Å². The summed E-state index contributed by atoms with van der Waals surface area (Å²) in [7, 11) is 0. The average Bonchev–Trinajstić information content (AvgIpc) is 1.54. The number of β-amino-alcohol motifs (C(OH)–C–C–N with tert-alkyl or cyclic N) is 1. The molecule has 1 heterocycles. The zero-order valence-electron chi connectivity index (χ0n) is 6.51. The highest BCUT2D eigenvalue weighted by molar-refractivity contribution is 4.96. The molecule has 0 spiro atoms. The van der Waals surface area contributed by atoms with Gasteiger partial charge >= 0.3 is 0 Å². The number of hydrogen-bond acceptors (Lipinski definition) is 2. The number of likely N-dealkylation sites (tertiary alicyclic amines) is 1. The van der Waals surface area contributed by atoms with Gasteiger partial charge in [-0.05, 0) is 19.8 Å². The summed E-state index contributed by atoms with van der Waals surface area (Å²) in [5.74, 6) is 0. The second-order valence-electron chi connectivity index (χ2n) is 3.99. The van der Waals surface area contributed by atoms with Crippen LogP contribution in [0, 0.1) is 0 Å². The molecule has 2 heteroatoms. The smallest absolute Gasteiger partial charge is 0.0872 e. The van der Waals surface area contributed by atoms with Crippen LogP contribution in [0.15, 0.2) is 0 Å². The molecule has 10 heavy (non-hydrogen) atoms. The van der Waals surface area contributed by atoms with Crippen molar-refractivity contribution in [2.75, 3.05) is 13.1 Å². The maximum atomic E-state index is 9.41. The number of hydrogen-bond donors (Lipinski definition) is 1. The van der Waals surface area contributed by atoms with Crippen molar-refractivity contribution in [3.63, 3.8) is 0 Å². The first-order valence-electron chi connectivity index (χ1n) is 4.14. The lowest BCUT2D eigenvalue weighted by Gasteiger charge is -2.51. The van der Waals surface area contributed by atoms with Crippen molar-refractivity contribution >= 4 is 0 Å². The largest absolute Gasteiger partial charge is 0.388 e. The van der Waals surface area contributed by atoms with Crippen LogP contribution in [0.25, 0.3) is 0 Å². The summed E-state index contributed by atoms with van der Waals surface area (Å²) in [5.41, 5.74) is -0.365. The molecule has 0 aromatic heterocycles. The molecule has 1 aliphatic carbocycles. The lowest BCUT2D eigenvalue weighted by Crippen LogP contribution is -2.64. The van der Waals surface area contributed by atoms with Gasteiger partial charge in [0.2, 0.25) is 0 Å². The zero-order chi connectivity index (χ0) is 7.19. The highest BCUT2D eigenvalue weighted by Gasteiger charge is 2.41. The van der Waals surface area contributed by atoms with Crippen molar-refractivity contribution in [3.05, 3.63) is 0 Å². The second kappa shape index (κ2) is 1.95. The molecule has 2 fully saturated rings. The Labute approximate surface area is 61.8 Å². The molecule has 0 radical (unpaired) electrons. The fraction of sp³-hybridized carbons (Fsp3) is 1.00. The fourth-order valence-electron chi connectivity index (χ4n) is 1.84. The summed E-state index contributed by atoms with van der Waals surface area (Å²) in [6, 6.07) is 0.820. The van der Waals surface area contributed by atoms with Crippen molar-refractivity contribution < 1.29 is 5.11 Å². The Bertz CT molecular complexity index is 132. The van der Waals surface area contributed by atoms with E-state index in [0.29, 0.717) is 0 Å². The van der Waals surface area contributed by atoms with Crippen LogP contribution in [0.5, 0.6) is 0 Å². The van der Waals surface area contributed by atoms with Crippen molar-refractivity contribution in [2.45, 2.75) is 37.8 Å². The molecule has 0 amide bonds. The molecule has 0 atom stereocenters. The molecular weight excluding hydrogens is 126 g/mol. The van der Waals surface area contributed by atoms with E-state index in [2.05, 4.69) is 4.90 Å². The van der Waals surface area contributed by atoms with Crippen LogP contribution >= 0.6 is 0 Å². The summed E-state index contributed by atoms with van der Waals surface area (Å²) in [6.45, 7) is 3.72. The lowest BCUT2D eigenvalue weighted by atomic mass is 9.85. The SMILES string of the molecule is CC1(O)CN(C2CCC2)C1. The van der Waals surface area contributed by atoms with Gasteiger partial charge in [-0.3, -0.25) is 4.90 Å². The van der Waals surface area contributed by atoms with E-state index in [1.54, 1.807) is 0 Å². The molecule has 1 saturated heterocycles. The number of aliphatic hydroxyl groups is 1. The van der Waals surface area contributed by atoms with Crippen LogP contribution in [0.1, 0.15) is 26.2 Å². The topological polar surface area (TPSA) is 23.5 Å².